The van der Waals surface area contributed by atoms with Gasteiger partial charge in [0.15, 0.2) is 0 Å². The minimum Gasteiger partial charge on any atom is -0.462 e. The Kier molecular flexibility index (Phi) is 6.01. The fourth-order valence-corrected chi connectivity index (χ4v) is 2.00. The van der Waals surface area contributed by atoms with Crippen LogP contribution in [-0.2, 0) is 9.53 Å². The van der Waals surface area contributed by atoms with E-state index in [0.29, 0.717) is 5.56 Å². The van der Waals surface area contributed by atoms with Crippen molar-refractivity contribution < 1.29 is 14.3 Å². The number of carbonyl (C=O) groups is 2. The van der Waals surface area contributed by atoms with Gasteiger partial charge >= 0.3 is 5.97 Å². The van der Waals surface area contributed by atoms with Gasteiger partial charge in [0.2, 0.25) is 5.78 Å². The first-order valence-electron chi connectivity index (χ1n) is 5.81. The zero-order chi connectivity index (χ0) is 14.4. The van der Waals surface area contributed by atoms with Crippen LogP contribution in [0.3, 0.4) is 0 Å². The zero-order valence-corrected chi connectivity index (χ0v) is 13.3. The van der Waals surface area contributed by atoms with Gasteiger partial charge in [-0.25, -0.2) is 4.79 Å². The standard InChI is InChI=1S/C14H16INO3/c1-4-19-14(18)12(9-16(2)3)13(17)10-6-5-7-11(15)8-10/h5-9H,4H2,1-3H3/b12-9-. The van der Waals surface area contributed by atoms with Gasteiger partial charge in [-0.05, 0) is 41.6 Å². The molecule has 0 saturated heterocycles. The van der Waals surface area contributed by atoms with Crippen molar-refractivity contribution in [1.29, 1.82) is 0 Å². The molecule has 0 N–H and O–H groups in total. The van der Waals surface area contributed by atoms with Crippen molar-refractivity contribution in [3.05, 3.63) is 45.2 Å². The van der Waals surface area contributed by atoms with Crippen LogP contribution < -0.4 is 0 Å². The maximum absolute atomic E-state index is 12.3. The van der Waals surface area contributed by atoms with E-state index in [-0.39, 0.29) is 18.0 Å². The lowest BCUT2D eigenvalue weighted by Crippen LogP contribution is -2.19. The monoisotopic (exact) mass is 373 g/mol. The van der Waals surface area contributed by atoms with Crippen molar-refractivity contribution >= 4 is 34.3 Å². The fraction of sp³-hybridized carbons (Fsp3) is 0.286. The molecule has 0 spiro atoms. The quantitative estimate of drug-likeness (QED) is 0.199. The largest absolute Gasteiger partial charge is 0.462 e. The molecule has 0 aliphatic heterocycles. The number of Topliss-reactive ketones (excluding diaryl/α,β-unsaturated/α-hetero) is 1. The lowest BCUT2D eigenvalue weighted by Gasteiger charge is -2.10. The van der Waals surface area contributed by atoms with Gasteiger partial charge in [-0.1, -0.05) is 12.1 Å². The lowest BCUT2D eigenvalue weighted by molar-refractivity contribution is -0.138. The molecule has 0 atom stereocenters. The van der Waals surface area contributed by atoms with Gasteiger partial charge < -0.3 is 9.64 Å². The van der Waals surface area contributed by atoms with E-state index in [1.165, 1.54) is 6.20 Å². The summed E-state index contributed by atoms with van der Waals surface area (Å²) in [5.74, 6) is -0.925. The van der Waals surface area contributed by atoms with Gasteiger partial charge in [-0.3, -0.25) is 4.79 Å². The highest BCUT2D eigenvalue weighted by Gasteiger charge is 2.21. The van der Waals surface area contributed by atoms with Gasteiger partial charge in [0.1, 0.15) is 5.57 Å². The van der Waals surface area contributed by atoms with E-state index in [2.05, 4.69) is 22.6 Å². The Morgan fingerprint density at radius 3 is 2.58 bits per heavy atom. The molecular weight excluding hydrogens is 357 g/mol. The summed E-state index contributed by atoms with van der Waals surface area (Å²) in [4.78, 5) is 25.8. The number of hydrogen-bond acceptors (Lipinski definition) is 4. The molecule has 0 aliphatic carbocycles. The summed E-state index contributed by atoms with van der Waals surface area (Å²) in [6, 6.07) is 7.10. The molecule has 5 heteroatoms. The van der Waals surface area contributed by atoms with Gasteiger partial charge in [-0.15, -0.1) is 0 Å². The lowest BCUT2D eigenvalue weighted by atomic mass is 10.0. The molecule has 0 aromatic heterocycles. The summed E-state index contributed by atoms with van der Waals surface area (Å²) < 4.78 is 5.86. The minimum absolute atomic E-state index is 0.0360. The Bertz CT molecular complexity index is 509. The highest BCUT2D eigenvalue weighted by atomic mass is 127. The highest BCUT2D eigenvalue weighted by Crippen LogP contribution is 2.14. The number of ether oxygens (including phenoxy) is 1. The molecule has 1 aromatic rings. The highest BCUT2D eigenvalue weighted by molar-refractivity contribution is 14.1. The number of carbonyl (C=O) groups excluding carboxylic acids is 2. The minimum atomic E-state index is -0.597. The molecule has 0 heterocycles. The topological polar surface area (TPSA) is 46.6 Å². The molecule has 0 aliphatic rings. The van der Waals surface area contributed by atoms with Crippen LogP contribution in [0.4, 0.5) is 0 Å². The predicted molar refractivity (Wildman–Crippen MR) is 81.9 cm³/mol. The first-order valence-corrected chi connectivity index (χ1v) is 6.89. The van der Waals surface area contributed by atoms with E-state index in [4.69, 9.17) is 4.74 Å². The summed E-state index contributed by atoms with van der Waals surface area (Å²) >= 11 is 2.12. The number of nitrogens with zero attached hydrogens (tertiary/aromatic N) is 1. The third kappa shape index (κ3) is 4.66. The number of halogens is 1. The van der Waals surface area contributed by atoms with Crippen LogP contribution in [0.15, 0.2) is 36.0 Å². The van der Waals surface area contributed by atoms with Crippen LogP contribution >= 0.6 is 22.6 Å². The molecule has 0 fully saturated rings. The summed E-state index contributed by atoms with van der Waals surface area (Å²) in [5.41, 5.74) is 0.516. The predicted octanol–water partition coefficient (Wildman–Crippen LogP) is 2.48. The van der Waals surface area contributed by atoms with Crippen molar-refractivity contribution in [3.63, 3.8) is 0 Å². The number of hydrogen-bond donors (Lipinski definition) is 0. The van der Waals surface area contributed by atoms with Crippen molar-refractivity contribution in [2.75, 3.05) is 20.7 Å². The van der Waals surface area contributed by atoms with Crippen LogP contribution in [0, 0.1) is 3.57 Å². The Labute approximate surface area is 126 Å². The van der Waals surface area contributed by atoms with Crippen molar-refractivity contribution in [2.45, 2.75) is 6.92 Å². The molecule has 1 rings (SSSR count). The molecule has 0 unspecified atom stereocenters. The average Bonchev–Trinajstić information content (AvgIpc) is 2.35. The third-order valence-corrected chi connectivity index (χ3v) is 2.89. The van der Waals surface area contributed by atoms with Crippen LogP contribution in [0.2, 0.25) is 0 Å². The van der Waals surface area contributed by atoms with E-state index in [0.717, 1.165) is 3.57 Å². The van der Waals surface area contributed by atoms with Crippen LogP contribution in [0.25, 0.3) is 0 Å². The maximum Gasteiger partial charge on any atom is 0.343 e. The normalized spacial score (nSPS) is 11.1. The second-order valence-corrected chi connectivity index (χ2v) is 5.31. The number of rotatable bonds is 5. The van der Waals surface area contributed by atoms with Crippen molar-refractivity contribution in [2.24, 2.45) is 0 Å². The number of ketones is 1. The van der Waals surface area contributed by atoms with E-state index in [1.807, 2.05) is 6.07 Å². The SMILES string of the molecule is CCOC(=O)/C(=C\N(C)C)C(=O)c1cccc(I)c1. The molecule has 0 radical (unpaired) electrons. The van der Waals surface area contributed by atoms with E-state index < -0.39 is 5.97 Å². The summed E-state index contributed by atoms with van der Waals surface area (Å²) in [6.45, 7) is 1.95. The Morgan fingerprint density at radius 2 is 2.05 bits per heavy atom. The molecule has 4 nitrogen and oxygen atoms in total. The molecule has 0 amide bonds. The van der Waals surface area contributed by atoms with Crippen LogP contribution in [0.5, 0.6) is 0 Å². The van der Waals surface area contributed by atoms with Gasteiger partial charge in [0, 0.05) is 29.4 Å². The Morgan fingerprint density at radius 1 is 1.37 bits per heavy atom. The van der Waals surface area contributed by atoms with Crippen LogP contribution in [-0.4, -0.2) is 37.4 Å². The first kappa shape index (κ1) is 15.7. The second-order valence-electron chi connectivity index (χ2n) is 4.07. The van der Waals surface area contributed by atoms with Gasteiger partial charge in [-0.2, -0.15) is 0 Å². The summed E-state index contributed by atoms with van der Waals surface area (Å²) in [5, 5.41) is 0. The van der Waals surface area contributed by atoms with Crippen LogP contribution in [0.1, 0.15) is 17.3 Å². The van der Waals surface area contributed by atoms with E-state index >= 15 is 0 Å². The zero-order valence-electron chi connectivity index (χ0n) is 11.1. The second kappa shape index (κ2) is 7.28. The molecule has 1 aromatic carbocycles. The number of esters is 1. The van der Waals surface area contributed by atoms with Gasteiger partial charge in [0.05, 0.1) is 6.61 Å². The molecule has 0 saturated carbocycles. The van der Waals surface area contributed by atoms with E-state index in [1.54, 1.807) is 44.1 Å². The molecular formula is C14H16INO3. The maximum atomic E-state index is 12.3. The molecule has 102 valence electrons. The average molecular weight is 373 g/mol. The third-order valence-electron chi connectivity index (χ3n) is 2.21. The Hall–Kier alpha value is -1.37. The molecule has 19 heavy (non-hydrogen) atoms. The first-order chi connectivity index (χ1) is 8.95. The summed E-state index contributed by atoms with van der Waals surface area (Å²) in [7, 11) is 3.50. The summed E-state index contributed by atoms with van der Waals surface area (Å²) in [6.07, 6.45) is 1.49. The molecule has 0 bridgehead atoms. The van der Waals surface area contributed by atoms with Crippen molar-refractivity contribution in [1.82, 2.24) is 4.90 Å². The number of benzene rings is 1. The Balaban J connectivity index is 3.12. The van der Waals surface area contributed by atoms with Crippen molar-refractivity contribution in [3.8, 4) is 0 Å². The fourth-order valence-electron chi connectivity index (χ4n) is 1.46. The van der Waals surface area contributed by atoms with Gasteiger partial charge in [0.25, 0.3) is 0 Å². The van der Waals surface area contributed by atoms with E-state index in [9.17, 15) is 9.59 Å². The smallest absolute Gasteiger partial charge is 0.343 e.